The van der Waals surface area contributed by atoms with Crippen molar-refractivity contribution in [3.8, 4) is 0 Å². The Morgan fingerprint density at radius 2 is 1.76 bits per heavy atom. The molecule has 2 rings (SSSR count). The number of amides is 1. The summed E-state index contributed by atoms with van der Waals surface area (Å²) in [6.45, 7) is 5.51. The highest BCUT2D eigenvalue weighted by atomic mass is 16.1. The van der Waals surface area contributed by atoms with Gasteiger partial charge < -0.3 is 9.80 Å². The van der Waals surface area contributed by atoms with Gasteiger partial charge in [0.25, 0.3) is 0 Å². The quantitative estimate of drug-likeness (QED) is 0.739. The topological polar surface area (TPSA) is 23.6 Å². The monoisotopic (exact) mass is 230 g/mol. The molecule has 0 radical (unpaired) electrons. The molecule has 3 nitrogen and oxygen atoms in total. The van der Waals surface area contributed by atoms with Crippen LogP contribution in [0, 0.1) is 0 Å². The fourth-order valence-corrected chi connectivity index (χ4v) is 2.21. The molecule has 0 bridgehead atoms. The standard InChI is InChI=1S/C14H18N2O/c1-2-14(13-6-4-3-5-7-13)16-10-8-15(12-17)9-11-16/h2-7,12H,8-11H2,1H3. The predicted octanol–water partition coefficient (Wildman–Crippen LogP) is 1.82. The fourth-order valence-electron chi connectivity index (χ4n) is 2.21. The molecule has 1 aliphatic heterocycles. The minimum Gasteiger partial charge on any atom is -0.368 e. The Morgan fingerprint density at radius 3 is 2.29 bits per heavy atom. The fraction of sp³-hybridized carbons (Fsp3) is 0.357. The van der Waals surface area contributed by atoms with Gasteiger partial charge >= 0.3 is 0 Å². The number of piperazine rings is 1. The van der Waals surface area contributed by atoms with Crippen LogP contribution in [-0.4, -0.2) is 42.4 Å². The molecule has 1 amide bonds. The first-order valence-electron chi connectivity index (χ1n) is 6.01. The van der Waals surface area contributed by atoms with Gasteiger partial charge in [-0.2, -0.15) is 0 Å². The van der Waals surface area contributed by atoms with Crippen LogP contribution < -0.4 is 0 Å². The second-order valence-electron chi connectivity index (χ2n) is 4.17. The SMILES string of the molecule is CC=C(c1ccccc1)N1CCN(C=O)CC1. The average molecular weight is 230 g/mol. The minimum absolute atomic E-state index is 0.813. The summed E-state index contributed by atoms with van der Waals surface area (Å²) in [5.41, 5.74) is 2.51. The molecular weight excluding hydrogens is 212 g/mol. The number of benzene rings is 1. The smallest absolute Gasteiger partial charge is 0.209 e. The Hall–Kier alpha value is -1.77. The Kier molecular flexibility index (Phi) is 3.81. The lowest BCUT2D eigenvalue weighted by Crippen LogP contribution is -2.44. The van der Waals surface area contributed by atoms with Crippen LogP contribution in [0.4, 0.5) is 0 Å². The Bertz CT molecular complexity index is 392. The van der Waals surface area contributed by atoms with Gasteiger partial charge in [0, 0.05) is 31.9 Å². The summed E-state index contributed by atoms with van der Waals surface area (Å²) in [4.78, 5) is 14.8. The van der Waals surface area contributed by atoms with Crippen molar-refractivity contribution in [3.63, 3.8) is 0 Å². The molecule has 0 unspecified atom stereocenters. The van der Waals surface area contributed by atoms with E-state index in [9.17, 15) is 4.79 Å². The van der Waals surface area contributed by atoms with E-state index >= 15 is 0 Å². The lowest BCUT2D eigenvalue weighted by Gasteiger charge is -2.35. The highest BCUT2D eigenvalue weighted by molar-refractivity contribution is 5.64. The molecule has 17 heavy (non-hydrogen) atoms. The molecule has 1 aromatic carbocycles. The second kappa shape index (κ2) is 5.53. The van der Waals surface area contributed by atoms with E-state index in [0.29, 0.717) is 0 Å². The second-order valence-corrected chi connectivity index (χ2v) is 4.17. The van der Waals surface area contributed by atoms with Crippen molar-refractivity contribution in [2.24, 2.45) is 0 Å². The van der Waals surface area contributed by atoms with Crippen LogP contribution in [-0.2, 0) is 4.79 Å². The summed E-state index contributed by atoms with van der Waals surface area (Å²) < 4.78 is 0. The average Bonchev–Trinajstić information content (AvgIpc) is 2.42. The predicted molar refractivity (Wildman–Crippen MR) is 69.3 cm³/mol. The number of hydrogen-bond acceptors (Lipinski definition) is 2. The van der Waals surface area contributed by atoms with Crippen molar-refractivity contribution in [1.29, 1.82) is 0 Å². The number of carbonyl (C=O) groups is 1. The van der Waals surface area contributed by atoms with Gasteiger partial charge in [0.05, 0.1) is 0 Å². The summed E-state index contributed by atoms with van der Waals surface area (Å²) in [5.74, 6) is 0. The van der Waals surface area contributed by atoms with Gasteiger partial charge in [0.1, 0.15) is 0 Å². The first-order valence-corrected chi connectivity index (χ1v) is 6.01. The molecule has 1 fully saturated rings. The highest BCUT2D eigenvalue weighted by Crippen LogP contribution is 2.20. The van der Waals surface area contributed by atoms with Gasteiger partial charge in [0.2, 0.25) is 6.41 Å². The molecule has 1 aliphatic rings. The summed E-state index contributed by atoms with van der Waals surface area (Å²) >= 11 is 0. The summed E-state index contributed by atoms with van der Waals surface area (Å²) in [6, 6.07) is 10.4. The maximum Gasteiger partial charge on any atom is 0.209 e. The maximum atomic E-state index is 10.7. The van der Waals surface area contributed by atoms with Crippen LogP contribution in [0.5, 0.6) is 0 Å². The minimum atomic E-state index is 0.813. The van der Waals surface area contributed by atoms with Crippen LogP contribution in [0.3, 0.4) is 0 Å². The number of hydrogen-bond donors (Lipinski definition) is 0. The Morgan fingerprint density at radius 1 is 1.12 bits per heavy atom. The zero-order valence-corrected chi connectivity index (χ0v) is 10.2. The first kappa shape index (κ1) is 11.7. The summed E-state index contributed by atoms with van der Waals surface area (Å²) in [5, 5.41) is 0. The Labute approximate surface area is 102 Å². The van der Waals surface area contributed by atoms with Gasteiger partial charge in [-0.3, -0.25) is 4.79 Å². The molecular formula is C14H18N2O. The molecule has 0 N–H and O–H groups in total. The molecule has 3 heteroatoms. The molecule has 0 saturated carbocycles. The molecule has 0 spiro atoms. The van der Waals surface area contributed by atoms with E-state index in [0.717, 1.165) is 32.6 Å². The van der Waals surface area contributed by atoms with Gasteiger partial charge in [-0.25, -0.2) is 0 Å². The van der Waals surface area contributed by atoms with Crippen LogP contribution in [0.25, 0.3) is 5.70 Å². The molecule has 1 heterocycles. The van der Waals surface area contributed by atoms with Crippen molar-refractivity contribution in [3.05, 3.63) is 42.0 Å². The number of carbonyl (C=O) groups excluding carboxylic acids is 1. The maximum absolute atomic E-state index is 10.7. The largest absolute Gasteiger partial charge is 0.368 e. The van der Waals surface area contributed by atoms with Crippen LogP contribution in [0.2, 0.25) is 0 Å². The van der Waals surface area contributed by atoms with Crippen molar-refractivity contribution in [2.75, 3.05) is 26.2 Å². The van der Waals surface area contributed by atoms with Crippen molar-refractivity contribution in [1.82, 2.24) is 9.80 Å². The highest BCUT2D eigenvalue weighted by Gasteiger charge is 2.17. The van der Waals surface area contributed by atoms with Gasteiger partial charge in [0.15, 0.2) is 0 Å². The molecule has 0 aromatic heterocycles. The van der Waals surface area contributed by atoms with Gasteiger partial charge in [-0.05, 0) is 12.5 Å². The van der Waals surface area contributed by atoms with Crippen LogP contribution >= 0.6 is 0 Å². The van der Waals surface area contributed by atoms with E-state index in [1.54, 1.807) is 0 Å². The van der Waals surface area contributed by atoms with Crippen molar-refractivity contribution >= 4 is 12.1 Å². The van der Waals surface area contributed by atoms with Crippen molar-refractivity contribution in [2.45, 2.75) is 6.92 Å². The number of allylic oxidation sites excluding steroid dienone is 1. The van der Waals surface area contributed by atoms with E-state index in [4.69, 9.17) is 0 Å². The van der Waals surface area contributed by atoms with E-state index < -0.39 is 0 Å². The third-order valence-electron chi connectivity index (χ3n) is 3.15. The molecule has 1 saturated heterocycles. The van der Waals surface area contributed by atoms with Crippen LogP contribution in [0.15, 0.2) is 36.4 Å². The lowest BCUT2D eigenvalue weighted by atomic mass is 10.1. The third-order valence-corrected chi connectivity index (χ3v) is 3.15. The zero-order valence-electron chi connectivity index (χ0n) is 10.2. The van der Waals surface area contributed by atoms with Gasteiger partial charge in [-0.1, -0.05) is 36.4 Å². The normalized spacial score (nSPS) is 17.1. The summed E-state index contributed by atoms with van der Waals surface area (Å²) in [6.07, 6.45) is 3.08. The first-order chi connectivity index (χ1) is 8.35. The summed E-state index contributed by atoms with van der Waals surface area (Å²) in [7, 11) is 0. The molecule has 1 aromatic rings. The molecule has 0 atom stereocenters. The lowest BCUT2D eigenvalue weighted by molar-refractivity contribution is -0.119. The third kappa shape index (κ3) is 2.67. The van der Waals surface area contributed by atoms with E-state index in [1.165, 1.54) is 11.3 Å². The zero-order chi connectivity index (χ0) is 12.1. The number of rotatable bonds is 3. The van der Waals surface area contributed by atoms with E-state index in [1.807, 2.05) is 11.0 Å². The van der Waals surface area contributed by atoms with E-state index in [2.05, 4.69) is 42.2 Å². The number of nitrogens with zero attached hydrogens (tertiary/aromatic N) is 2. The van der Waals surface area contributed by atoms with Crippen molar-refractivity contribution < 1.29 is 4.79 Å². The van der Waals surface area contributed by atoms with E-state index in [-0.39, 0.29) is 0 Å². The van der Waals surface area contributed by atoms with Crippen LogP contribution in [0.1, 0.15) is 12.5 Å². The Balaban J connectivity index is 2.09. The molecule has 0 aliphatic carbocycles. The van der Waals surface area contributed by atoms with Gasteiger partial charge in [-0.15, -0.1) is 0 Å². The molecule has 90 valence electrons.